The molecule has 0 saturated carbocycles. The van der Waals surface area contributed by atoms with Crippen LogP contribution in [-0.2, 0) is 17.8 Å². The molecule has 0 aliphatic carbocycles. The largest absolute Gasteiger partial charge is 0.441 e. The summed E-state index contributed by atoms with van der Waals surface area (Å²) in [5.41, 5.74) is 2.61. The third-order valence-electron chi connectivity index (χ3n) is 2.96. The topological polar surface area (TPSA) is 55.1 Å². The molecule has 0 unspecified atom stereocenters. The van der Waals surface area contributed by atoms with Gasteiger partial charge in [0.05, 0.1) is 6.42 Å². The fourth-order valence-electron chi connectivity index (χ4n) is 2.03. The first kappa shape index (κ1) is 12.9. The van der Waals surface area contributed by atoms with Crippen LogP contribution in [0.3, 0.4) is 0 Å². The highest BCUT2D eigenvalue weighted by atomic mass is 32.1. The summed E-state index contributed by atoms with van der Waals surface area (Å²) in [5, 5.41) is 4.89. The number of aryl methyl sites for hydroxylation is 1. The van der Waals surface area contributed by atoms with Crippen molar-refractivity contribution in [1.29, 1.82) is 0 Å². The Kier molecular flexibility index (Phi) is 3.52. The van der Waals surface area contributed by atoms with E-state index in [2.05, 4.69) is 10.3 Å². The van der Waals surface area contributed by atoms with Gasteiger partial charge in [0.15, 0.2) is 11.5 Å². The van der Waals surface area contributed by atoms with Crippen LogP contribution in [0.25, 0.3) is 11.1 Å². The predicted octanol–water partition coefficient (Wildman–Crippen LogP) is 3.06. The highest BCUT2D eigenvalue weighted by Crippen LogP contribution is 2.16. The molecule has 1 N–H and O–H groups in total. The zero-order valence-electron chi connectivity index (χ0n) is 11.1. The van der Waals surface area contributed by atoms with Crippen molar-refractivity contribution in [3.05, 3.63) is 52.0 Å². The predicted molar refractivity (Wildman–Crippen MR) is 78.6 cm³/mol. The Labute approximate surface area is 120 Å². The number of thiophene rings is 1. The van der Waals surface area contributed by atoms with Gasteiger partial charge in [0.2, 0.25) is 5.91 Å². The van der Waals surface area contributed by atoms with Crippen molar-refractivity contribution < 1.29 is 9.21 Å². The lowest BCUT2D eigenvalue weighted by atomic mass is 10.2. The molecule has 0 fully saturated rings. The van der Waals surface area contributed by atoms with Gasteiger partial charge in [0.25, 0.3) is 0 Å². The Morgan fingerprint density at radius 3 is 3.10 bits per heavy atom. The first-order valence-corrected chi connectivity index (χ1v) is 7.24. The van der Waals surface area contributed by atoms with Gasteiger partial charge in [-0.25, -0.2) is 4.98 Å². The molecule has 5 heteroatoms. The van der Waals surface area contributed by atoms with Gasteiger partial charge in [-0.3, -0.25) is 4.79 Å². The summed E-state index contributed by atoms with van der Waals surface area (Å²) in [5.74, 6) is 0.681. The second-order valence-electron chi connectivity index (χ2n) is 4.57. The minimum atomic E-state index is 0.0290. The van der Waals surface area contributed by atoms with Gasteiger partial charge in [-0.05, 0) is 29.1 Å². The van der Waals surface area contributed by atoms with Gasteiger partial charge in [-0.2, -0.15) is 0 Å². The normalized spacial score (nSPS) is 10.8. The number of benzene rings is 1. The van der Waals surface area contributed by atoms with Crippen LogP contribution in [0.1, 0.15) is 16.3 Å². The summed E-state index contributed by atoms with van der Waals surface area (Å²) in [6.07, 6.45) is 0.432. The molecule has 0 spiro atoms. The van der Waals surface area contributed by atoms with E-state index in [1.54, 1.807) is 11.3 Å². The van der Waals surface area contributed by atoms with Gasteiger partial charge in [0.1, 0.15) is 5.52 Å². The van der Waals surface area contributed by atoms with Crippen LogP contribution >= 0.6 is 11.3 Å². The van der Waals surface area contributed by atoms with Gasteiger partial charge >= 0.3 is 0 Å². The molecule has 2 aromatic heterocycles. The van der Waals surface area contributed by atoms with Crippen LogP contribution < -0.4 is 5.32 Å². The third kappa shape index (κ3) is 2.88. The highest BCUT2D eigenvalue weighted by molar-refractivity contribution is 7.10. The fraction of sp³-hybridized carbons (Fsp3) is 0.200. The number of nitrogens with one attached hydrogen (secondary N) is 1. The summed E-state index contributed by atoms with van der Waals surface area (Å²) in [6, 6.07) is 9.70. The number of nitrogens with zero attached hydrogens (tertiary/aromatic N) is 1. The monoisotopic (exact) mass is 286 g/mol. The van der Waals surface area contributed by atoms with Crippen molar-refractivity contribution in [3.63, 3.8) is 0 Å². The minimum Gasteiger partial charge on any atom is -0.441 e. The maximum absolute atomic E-state index is 11.8. The Morgan fingerprint density at radius 1 is 1.40 bits per heavy atom. The van der Waals surface area contributed by atoms with Crippen LogP contribution in [0.5, 0.6) is 0 Å². The quantitative estimate of drug-likeness (QED) is 0.802. The molecule has 0 aliphatic heterocycles. The highest BCUT2D eigenvalue weighted by Gasteiger charge is 2.06. The number of hydrogen-bond donors (Lipinski definition) is 1. The van der Waals surface area contributed by atoms with Crippen LogP contribution in [0.15, 0.2) is 40.1 Å². The van der Waals surface area contributed by atoms with E-state index in [1.807, 2.05) is 42.6 Å². The molecule has 0 saturated heterocycles. The minimum absolute atomic E-state index is 0.0290. The van der Waals surface area contributed by atoms with E-state index in [1.165, 1.54) is 0 Å². The molecule has 2 heterocycles. The van der Waals surface area contributed by atoms with E-state index >= 15 is 0 Å². The molecule has 3 rings (SSSR count). The molecule has 20 heavy (non-hydrogen) atoms. The number of aromatic nitrogens is 1. The van der Waals surface area contributed by atoms with Crippen molar-refractivity contribution in [2.24, 2.45) is 0 Å². The second-order valence-corrected chi connectivity index (χ2v) is 5.60. The molecule has 1 aromatic carbocycles. The number of oxazole rings is 1. The average Bonchev–Trinajstić information content (AvgIpc) is 3.04. The van der Waals surface area contributed by atoms with E-state index in [0.29, 0.717) is 18.9 Å². The lowest BCUT2D eigenvalue weighted by Gasteiger charge is -2.04. The summed E-state index contributed by atoms with van der Waals surface area (Å²) < 4.78 is 5.48. The molecule has 0 atom stereocenters. The smallest absolute Gasteiger partial charge is 0.225 e. The molecule has 1 amide bonds. The fourth-order valence-corrected chi connectivity index (χ4v) is 2.73. The molecule has 102 valence electrons. The SMILES string of the molecule is Cc1nc2ccc(CNC(=O)Cc3cccs3)cc2o1. The number of carbonyl (C=O) groups is 1. The van der Waals surface area contributed by atoms with E-state index in [4.69, 9.17) is 4.42 Å². The summed E-state index contributed by atoms with van der Waals surface area (Å²) in [6.45, 7) is 2.32. The lowest BCUT2D eigenvalue weighted by molar-refractivity contribution is -0.120. The molecule has 4 nitrogen and oxygen atoms in total. The van der Waals surface area contributed by atoms with Gasteiger partial charge in [0, 0.05) is 18.3 Å². The standard InChI is InChI=1S/C15H14N2O2S/c1-10-17-13-5-4-11(7-14(13)19-10)9-16-15(18)8-12-3-2-6-20-12/h2-7H,8-9H2,1H3,(H,16,18). The first-order chi connectivity index (χ1) is 9.70. The van der Waals surface area contributed by atoms with Crippen LogP contribution in [0, 0.1) is 6.92 Å². The van der Waals surface area contributed by atoms with Crippen LogP contribution in [-0.4, -0.2) is 10.9 Å². The number of fused-ring (bicyclic) bond motifs is 1. The van der Waals surface area contributed by atoms with E-state index in [9.17, 15) is 4.79 Å². The third-order valence-corrected chi connectivity index (χ3v) is 3.84. The second kappa shape index (κ2) is 5.46. The number of carbonyl (C=O) groups excluding carboxylic acids is 1. The van der Waals surface area contributed by atoms with Crippen molar-refractivity contribution >= 4 is 28.3 Å². The van der Waals surface area contributed by atoms with Gasteiger partial charge < -0.3 is 9.73 Å². The van der Waals surface area contributed by atoms with Gasteiger partial charge in [-0.1, -0.05) is 12.1 Å². The molecule has 3 aromatic rings. The maximum atomic E-state index is 11.8. The van der Waals surface area contributed by atoms with E-state index in [-0.39, 0.29) is 5.91 Å². The summed E-state index contributed by atoms with van der Waals surface area (Å²) >= 11 is 1.59. The van der Waals surface area contributed by atoms with Gasteiger partial charge in [-0.15, -0.1) is 11.3 Å². The molecular formula is C15H14N2O2S. The average molecular weight is 286 g/mol. The van der Waals surface area contributed by atoms with Crippen molar-refractivity contribution in [1.82, 2.24) is 10.3 Å². The van der Waals surface area contributed by atoms with Crippen molar-refractivity contribution in [3.8, 4) is 0 Å². The zero-order valence-corrected chi connectivity index (χ0v) is 11.9. The van der Waals surface area contributed by atoms with E-state index in [0.717, 1.165) is 21.5 Å². The van der Waals surface area contributed by atoms with Crippen molar-refractivity contribution in [2.75, 3.05) is 0 Å². The maximum Gasteiger partial charge on any atom is 0.225 e. The molecular weight excluding hydrogens is 272 g/mol. The lowest BCUT2D eigenvalue weighted by Crippen LogP contribution is -2.24. The van der Waals surface area contributed by atoms with E-state index < -0.39 is 0 Å². The Bertz CT molecular complexity index is 732. The number of amides is 1. The zero-order chi connectivity index (χ0) is 13.9. The molecule has 0 aliphatic rings. The van der Waals surface area contributed by atoms with Crippen LogP contribution in [0.2, 0.25) is 0 Å². The number of hydrogen-bond acceptors (Lipinski definition) is 4. The summed E-state index contributed by atoms with van der Waals surface area (Å²) in [4.78, 5) is 17.1. The Morgan fingerprint density at radius 2 is 2.30 bits per heavy atom. The molecule has 0 radical (unpaired) electrons. The summed E-state index contributed by atoms with van der Waals surface area (Å²) in [7, 11) is 0. The first-order valence-electron chi connectivity index (χ1n) is 6.36. The number of rotatable bonds is 4. The van der Waals surface area contributed by atoms with Crippen LogP contribution in [0.4, 0.5) is 0 Å². The molecule has 0 bridgehead atoms. The Hall–Kier alpha value is -2.14. The Balaban J connectivity index is 1.63. The van der Waals surface area contributed by atoms with Crippen molar-refractivity contribution in [2.45, 2.75) is 19.9 Å².